The summed E-state index contributed by atoms with van der Waals surface area (Å²) in [5.41, 5.74) is 2.17. The quantitative estimate of drug-likeness (QED) is 0.737. The van der Waals surface area contributed by atoms with Crippen molar-refractivity contribution in [2.75, 3.05) is 24.5 Å². The zero-order valence-electron chi connectivity index (χ0n) is 15.0. The highest BCUT2D eigenvalue weighted by molar-refractivity contribution is 5.54. The number of nitrogens with zero attached hydrogens (tertiary/aromatic N) is 5. The van der Waals surface area contributed by atoms with Gasteiger partial charge in [0.25, 0.3) is 0 Å². The fourth-order valence-electron chi connectivity index (χ4n) is 3.97. The average Bonchev–Trinajstić information content (AvgIpc) is 3.14. The molecule has 2 fully saturated rings. The zero-order chi connectivity index (χ0) is 18.6. The number of hydrogen-bond acceptors (Lipinski definition) is 5. The monoisotopic (exact) mass is 353 g/mol. The fourth-order valence-corrected chi connectivity index (χ4v) is 3.97. The minimum Gasteiger partial charge on any atom is -0.353 e. The maximum Gasteiger partial charge on any atom is 0.146 e. The van der Waals surface area contributed by atoms with Crippen molar-refractivity contribution >= 4 is 5.82 Å². The van der Waals surface area contributed by atoms with Crippen LogP contribution in [0.25, 0.3) is 0 Å². The van der Waals surface area contributed by atoms with E-state index in [-0.39, 0.29) is 6.04 Å². The Kier molecular flexibility index (Phi) is 4.75. The van der Waals surface area contributed by atoms with E-state index in [2.05, 4.69) is 38.8 Å². The van der Waals surface area contributed by atoms with Gasteiger partial charge in [-0.15, -0.1) is 0 Å². The Bertz CT molecular complexity index is 988. The number of aromatic nitrogens is 1. The fraction of sp³-hybridized carbons (Fsp3) is 0.318. The molecule has 0 aliphatic carbocycles. The molecule has 0 unspecified atom stereocenters. The van der Waals surface area contributed by atoms with Crippen molar-refractivity contribution in [3.8, 4) is 24.0 Å². The molecule has 2 aromatic rings. The van der Waals surface area contributed by atoms with Crippen molar-refractivity contribution in [3.63, 3.8) is 0 Å². The van der Waals surface area contributed by atoms with Gasteiger partial charge in [0.1, 0.15) is 11.9 Å². The van der Waals surface area contributed by atoms with E-state index < -0.39 is 0 Å². The van der Waals surface area contributed by atoms with E-state index >= 15 is 0 Å². The maximum atomic E-state index is 9.33. The van der Waals surface area contributed by atoms with Gasteiger partial charge in [0.15, 0.2) is 0 Å². The SMILES string of the molecule is N#Cc1cccc(C#C[C@@H]2CC[C@@H]3CN(c4ncccc4C#N)CCN32)c1. The number of pyridine rings is 1. The molecule has 0 saturated carbocycles. The largest absolute Gasteiger partial charge is 0.353 e. The number of fused-ring (bicyclic) bond motifs is 1. The Morgan fingerprint density at radius 2 is 1.89 bits per heavy atom. The Morgan fingerprint density at radius 1 is 1.00 bits per heavy atom. The number of hydrogen-bond donors (Lipinski definition) is 0. The standard InChI is InChI=1S/C22H19N5/c23-14-18-4-1-3-17(13-18)6-7-20-8-9-21-16-26(11-12-27(20)21)22-19(15-24)5-2-10-25-22/h1-5,10,13,20-21H,8-9,11-12,16H2/t20-,21-/m1/s1. The van der Waals surface area contributed by atoms with Crippen molar-refractivity contribution < 1.29 is 0 Å². The Balaban J connectivity index is 1.47. The lowest BCUT2D eigenvalue weighted by atomic mass is 10.1. The topological polar surface area (TPSA) is 67.0 Å². The lowest BCUT2D eigenvalue weighted by Gasteiger charge is -2.39. The molecule has 0 amide bonds. The molecule has 0 radical (unpaired) electrons. The van der Waals surface area contributed by atoms with E-state index in [4.69, 9.17) is 5.26 Å². The molecule has 2 aliphatic heterocycles. The zero-order valence-corrected chi connectivity index (χ0v) is 15.0. The predicted octanol–water partition coefficient (Wildman–Crippen LogP) is 2.53. The maximum absolute atomic E-state index is 9.33. The third kappa shape index (κ3) is 3.49. The first kappa shape index (κ1) is 17.1. The molecular weight excluding hydrogens is 334 g/mol. The van der Waals surface area contributed by atoms with Crippen molar-refractivity contribution in [3.05, 3.63) is 59.3 Å². The highest BCUT2D eigenvalue weighted by atomic mass is 15.3. The number of rotatable bonds is 1. The summed E-state index contributed by atoms with van der Waals surface area (Å²) >= 11 is 0. The normalized spacial score (nSPS) is 21.5. The summed E-state index contributed by atoms with van der Waals surface area (Å²) in [4.78, 5) is 9.14. The van der Waals surface area contributed by atoms with Crippen molar-refractivity contribution in [2.45, 2.75) is 24.9 Å². The van der Waals surface area contributed by atoms with Gasteiger partial charge < -0.3 is 4.90 Å². The number of piperazine rings is 1. The highest BCUT2D eigenvalue weighted by Gasteiger charge is 2.37. The molecule has 2 saturated heterocycles. The van der Waals surface area contributed by atoms with Gasteiger partial charge in [-0.2, -0.15) is 10.5 Å². The molecule has 0 spiro atoms. The first-order valence-corrected chi connectivity index (χ1v) is 9.16. The smallest absolute Gasteiger partial charge is 0.146 e. The van der Waals surface area contributed by atoms with Gasteiger partial charge in [-0.1, -0.05) is 17.9 Å². The summed E-state index contributed by atoms with van der Waals surface area (Å²) in [6, 6.07) is 16.2. The second-order valence-corrected chi connectivity index (χ2v) is 6.88. The summed E-state index contributed by atoms with van der Waals surface area (Å²) in [5.74, 6) is 7.44. The lowest BCUT2D eigenvalue weighted by Crippen LogP contribution is -2.52. The Labute approximate surface area is 159 Å². The van der Waals surface area contributed by atoms with E-state index in [9.17, 15) is 5.26 Å². The van der Waals surface area contributed by atoms with Crippen LogP contribution in [0.15, 0.2) is 42.6 Å². The van der Waals surface area contributed by atoms with Crippen molar-refractivity contribution in [1.29, 1.82) is 10.5 Å². The van der Waals surface area contributed by atoms with Crippen LogP contribution in [0.4, 0.5) is 5.82 Å². The van der Waals surface area contributed by atoms with Crippen molar-refractivity contribution in [2.24, 2.45) is 0 Å². The summed E-state index contributed by atoms with van der Waals surface area (Å²) < 4.78 is 0. The average molecular weight is 353 g/mol. The van der Waals surface area contributed by atoms with E-state index in [0.717, 1.165) is 43.9 Å². The second kappa shape index (κ2) is 7.50. The van der Waals surface area contributed by atoms with Gasteiger partial charge in [-0.3, -0.25) is 4.90 Å². The third-order valence-corrected chi connectivity index (χ3v) is 5.28. The molecule has 0 bridgehead atoms. The second-order valence-electron chi connectivity index (χ2n) is 6.88. The Hall–Kier alpha value is -3.33. The molecule has 5 heteroatoms. The number of anilines is 1. The van der Waals surface area contributed by atoms with Crippen LogP contribution in [-0.2, 0) is 0 Å². The minimum atomic E-state index is 0.252. The van der Waals surface area contributed by atoms with E-state index in [1.54, 1.807) is 18.3 Å². The van der Waals surface area contributed by atoms with Gasteiger partial charge in [-0.05, 0) is 43.2 Å². The van der Waals surface area contributed by atoms with E-state index in [0.29, 0.717) is 17.2 Å². The van der Waals surface area contributed by atoms with Crippen LogP contribution in [0.5, 0.6) is 0 Å². The number of benzene rings is 1. The van der Waals surface area contributed by atoms with Crippen LogP contribution in [0.2, 0.25) is 0 Å². The first-order chi connectivity index (χ1) is 13.3. The lowest BCUT2D eigenvalue weighted by molar-refractivity contribution is 0.202. The summed E-state index contributed by atoms with van der Waals surface area (Å²) in [5, 5.41) is 18.3. The molecular formula is C22H19N5. The molecule has 3 heterocycles. The molecule has 1 aromatic heterocycles. The summed E-state index contributed by atoms with van der Waals surface area (Å²) in [6.07, 6.45) is 3.90. The van der Waals surface area contributed by atoms with Gasteiger partial charge in [0.2, 0.25) is 0 Å². The highest BCUT2D eigenvalue weighted by Crippen LogP contribution is 2.29. The van der Waals surface area contributed by atoms with Crippen LogP contribution in [0.3, 0.4) is 0 Å². The molecule has 4 rings (SSSR count). The summed E-state index contributed by atoms with van der Waals surface area (Å²) in [6.45, 7) is 2.65. The molecule has 27 heavy (non-hydrogen) atoms. The van der Waals surface area contributed by atoms with Gasteiger partial charge in [0, 0.05) is 37.4 Å². The van der Waals surface area contributed by atoms with Gasteiger partial charge >= 0.3 is 0 Å². The third-order valence-electron chi connectivity index (χ3n) is 5.28. The number of nitriles is 2. The molecule has 1 aromatic carbocycles. The van der Waals surface area contributed by atoms with Crippen LogP contribution in [0, 0.1) is 34.5 Å². The van der Waals surface area contributed by atoms with Crippen LogP contribution in [-0.4, -0.2) is 41.6 Å². The molecule has 2 atom stereocenters. The molecule has 132 valence electrons. The minimum absolute atomic E-state index is 0.252. The van der Waals surface area contributed by atoms with Crippen LogP contribution >= 0.6 is 0 Å². The molecule has 0 N–H and O–H groups in total. The van der Waals surface area contributed by atoms with Crippen LogP contribution < -0.4 is 4.90 Å². The first-order valence-electron chi connectivity index (χ1n) is 9.16. The van der Waals surface area contributed by atoms with E-state index in [1.807, 2.05) is 24.3 Å². The Morgan fingerprint density at radius 3 is 2.74 bits per heavy atom. The molecule has 5 nitrogen and oxygen atoms in total. The van der Waals surface area contributed by atoms with Gasteiger partial charge in [0.05, 0.1) is 23.2 Å². The predicted molar refractivity (Wildman–Crippen MR) is 103 cm³/mol. The van der Waals surface area contributed by atoms with Gasteiger partial charge in [-0.25, -0.2) is 4.98 Å². The van der Waals surface area contributed by atoms with Crippen LogP contribution in [0.1, 0.15) is 29.5 Å². The van der Waals surface area contributed by atoms with E-state index in [1.165, 1.54) is 0 Å². The molecule has 2 aliphatic rings. The van der Waals surface area contributed by atoms with Crippen molar-refractivity contribution in [1.82, 2.24) is 9.88 Å². The summed E-state index contributed by atoms with van der Waals surface area (Å²) in [7, 11) is 0.